The fraction of sp³-hybridized carbons (Fsp3) is 0. The van der Waals surface area contributed by atoms with Gasteiger partial charge in [-0.05, 0) is 24.3 Å². The first kappa shape index (κ1) is 9.85. The van der Waals surface area contributed by atoms with Gasteiger partial charge in [0.15, 0.2) is 6.20 Å². The van der Waals surface area contributed by atoms with Crippen molar-refractivity contribution in [2.75, 3.05) is 0 Å². The van der Waals surface area contributed by atoms with Crippen molar-refractivity contribution < 1.29 is 9.67 Å². The summed E-state index contributed by atoms with van der Waals surface area (Å²) in [5.41, 5.74) is 2.19. The van der Waals surface area contributed by atoms with Crippen LogP contribution in [0.1, 0.15) is 0 Å². The molecular weight excluding hydrogens is 210 g/mol. The van der Waals surface area contributed by atoms with Crippen molar-refractivity contribution in [2.45, 2.75) is 0 Å². The highest BCUT2D eigenvalue weighted by molar-refractivity contribution is 5.75. The predicted molar refractivity (Wildman–Crippen MR) is 67.1 cm³/mol. The van der Waals surface area contributed by atoms with Gasteiger partial charge in [-0.15, -0.1) is 0 Å². The average molecular weight is 222 g/mol. The Morgan fingerprint density at radius 1 is 0.765 bits per heavy atom. The van der Waals surface area contributed by atoms with Crippen LogP contribution in [0.4, 0.5) is 0 Å². The number of rotatable bonds is 1. The predicted octanol–water partition coefficient (Wildman–Crippen LogP) is 2.82. The fourth-order valence-electron chi connectivity index (χ4n) is 2.00. The molecule has 0 saturated heterocycles. The van der Waals surface area contributed by atoms with Crippen LogP contribution in [0.3, 0.4) is 0 Å². The summed E-state index contributed by atoms with van der Waals surface area (Å²) < 4.78 is 2.11. The molecule has 82 valence electrons. The summed E-state index contributed by atoms with van der Waals surface area (Å²) in [5, 5.41) is 10.5. The van der Waals surface area contributed by atoms with Gasteiger partial charge >= 0.3 is 0 Å². The molecule has 1 N–H and O–H groups in total. The highest BCUT2D eigenvalue weighted by atomic mass is 16.3. The van der Waals surface area contributed by atoms with Gasteiger partial charge in [-0.3, -0.25) is 0 Å². The van der Waals surface area contributed by atoms with Crippen molar-refractivity contribution in [2.24, 2.45) is 0 Å². The molecule has 0 aliphatic heterocycles. The maximum atomic E-state index is 9.31. The van der Waals surface area contributed by atoms with E-state index in [9.17, 15) is 5.11 Å². The second-order valence-corrected chi connectivity index (χ2v) is 3.95. The Kier molecular flexibility index (Phi) is 2.26. The van der Waals surface area contributed by atoms with Crippen LogP contribution >= 0.6 is 0 Å². The normalized spacial score (nSPS) is 10.6. The zero-order chi connectivity index (χ0) is 11.7. The van der Waals surface area contributed by atoms with E-state index in [1.54, 1.807) is 12.1 Å². The van der Waals surface area contributed by atoms with E-state index in [0.717, 1.165) is 11.2 Å². The lowest BCUT2D eigenvalue weighted by Crippen LogP contribution is -2.30. The third-order valence-corrected chi connectivity index (χ3v) is 2.84. The van der Waals surface area contributed by atoms with Crippen LogP contribution in [0.15, 0.2) is 66.9 Å². The van der Waals surface area contributed by atoms with Gasteiger partial charge in [0.25, 0.3) is 0 Å². The second kappa shape index (κ2) is 3.91. The minimum atomic E-state index is 0.287. The Hall–Kier alpha value is -2.35. The quantitative estimate of drug-likeness (QED) is 0.629. The van der Waals surface area contributed by atoms with Gasteiger partial charge in [0.05, 0.1) is 0 Å². The first-order valence-corrected chi connectivity index (χ1v) is 5.53. The summed E-state index contributed by atoms with van der Waals surface area (Å²) in [7, 11) is 0. The van der Waals surface area contributed by atoms with Gasteiger partial charge in [-0.25, -0.2) is 0 Å². The highest BCUT2D eigenvalue weighted by Crippen LogP contribution is 2.13. The molecule has 1 heterocycles. The van der Waals surface area contributed by atoms with E-state index < -0.39 is 0 Å². The number of aromatic nitrogens is 1. The molecular formula is C15H12NO+. The van der Waals surface area contributed by atoms with Gasteiger partial charge in [-0.2, -0.15) is 4.57 Å². The summed E-state index contributed by atoms with van der Waals surface area (Å²) in [6.45, 7) is 0. The van der Waals surface area contributed by atoms with Crippen molar-refractivity contribution in [3.8, 4) is 11.4 Å². The molecule has 0 bridgehead atoms. The fourth-order valence-corrected chi connectivity index (χ4v) is 2.00. The third-order valence-electron chi connectivity index (χ3n) is 2.84. The third kappa shape index (κ3) is 1.74. The van der Waals surface area contributed by atoms with Gasteiger partial charge in [-0.1, -0.05) is 12.1 Å². The lowest BCUT2D eigenvalue weighted by atomic mass is 10.2. The van der Waals surface area contributed by atoms with Crippen LogP contribution in [0.25, 0.3) is 16.6 Å². The van der Waals surface area contributed by atoms with Crippen LogP contribution in [-0.2, 0) is 0 Å². The van der Waals surface area contributed by atoms with Crippen LogP contribution in [0.5, 0.6) is 5.75 Å². The first-order valence-electron chi connectivity index (χ1n) is 5.53. The molecule has 2 nitrogen and oxygen atoms in total. The van der Waals surface area contributed by atoms with E-state index in [1.807, 2.05) is 36.5 Å². The minimum absolute atomic E-state index is 0.287. The lowest BCUT2D eigenvalue weighted by Gasteiger charge is -2.00. The standard InChI is InChI=1S/C15H11NO/c17-14-9-7-13(8-10-14)16-11-3-5-12-4-1-2-6-15(12)16/h1-11H/p+1. The molecule has 0 radical (unpaired) electrons. The molecule has 0 saturated carbocycles. The number of para-hydroxylation sites is 1. The zero-order valence-electron chi connectivity index (χ0n) is 9.25. The maximum absolute atomic E-state index is 9.31. The molecule has 1 aromatic heterocycles. The molecule has 0 fully saturated rings. The number of fused-ring (bicyclic) bond motifs is 1. The number of aromatic hydroxyl groups is 1. The molecule has 3 aromatic rings. The van der Waals surface area contributed by atoms with Crippen LogP contribution in [0, 0.1) is 0 Å². The zero-order valence-corrected chi connectivity index (χ0v) is 9.25. The number of hydrogen-bond acceptors (Lipinski definition) is 1. The summed E-state index contributed by atoms with van der Waals surface area (Å²) in [4.78, 5) is 0. The number of hydrogen-bond donors (Lipinski definition) is 1. The number of phenolic OH excluding ortho intramolecular Hbond substituents is 1. The molecule has 17 heavy (non-hydrogen) atoms. The van der Waals surface area contributed by atoms with Crippen LogP contribution in [0.2, 0.25) is 0 Å². The number of nitrogens with zero attached hydrogens (tertiary/aromatic N) is 1. The van der Waals surface area contributed by atoms with E-state index in [4.69, 9.17) is 0 Å². The molecule has 0 unspecified atom stereocenters. The number of pyridine rings is 1. The summed E-state index contributed by atoms with van der Waals surface area (Å²) >= 11 is 0. The van der Waals surface area contributed by atoms with Crippen molar-refractivity contribution in [3.63, 3.8) is 0 Å². The van der Waals surface area contributed by atoms with Crippen molar-refractivity contribution >= 4 is 10.9 Å². The molecule has 2 aromatic carbocycles. The largest absolute Gasteiger partial charge is 0.508 e. The molecule has 0 amide bonds. The Balaban J connectivity index is 2.27. The summed E-state index contributed by atoms with van der Waals surface area (Å²) in [5.74, 6) is 0.287. The first-order chi connectivity index (χ1) is 8.34. The van der Waals surface area contributed by atoms with Gasteiger partial charge < -0.3 is 5.11 Å². The molecule has 0 spiro atoms. The van der Waals surface area contributed by atoms with Crippen molar-refractivity contribution in [1.82, 2.24) is 0 Å². The van der Waals surface area contributed by atoms with E-state index in [2.05, 4.69) is 22.8 Å². The average Bonchev–Trinajstić information content (AvgIpc) is 2.39. The van der Waals surface area contributed by atoms with Crippen molar-refractivity contribution in [3.05, 3.63) is 66.9 Å². The Bertz CT molecular complexity index is 654. The topological polar surface area (TPSA) is 24.1 Å². The van der Waals surface area contributed by atoms with E-state index in [-0.39, 0.29) is 5.75 Å². The molecule has 3 rings (SSSR count). The monoisotopic (exact) mass is 222 g/mol. The van der Waals surface area contributed by atoms with Gasteiger partial charge in [0.2, 0.25) is 11.2 Å². The highest BCUT2D eigenvalue weighted by Gasteiger charge is 2.10. The second-order valence-electron chi connectivity index (χ2n) is 3.95. The summed E-state index contributed by atoms with van der Waals surface area (Å²) in [6.07, 6.45) is 2.02. The van der Waals surface area contributed by atoms with E-state index in [0.29, 0.717) is 0 Å². The molecule has 2 heteroatoms. The van der Waals surface area contributed by atoms with Gasteiger partial charge in [0.1, 0.15) is 5.75 Å². The van der Waals surface area contributed by atoms with E-state index in [1.165, 1.54) is 5.39 Å². The van der Waals surface area contributed by atoms with Crippen LogP contribution < -0.4 is 4.57 Å². The number of phenols is 1. The SMILES string of the molecule is Oc1ccc(-[n+]2cccc3ccccc32)cc1. The summed E-state index contributed by atoms with van der Waals surface area (Å²) in [6, 6.07) is 19.6. The Labute approximate surface area is 99.4 Å². The smallest absolute Gasteiger partial charge is 0.218 e. The lowest BCUT2D eigenvalue weighted by molar-refractivity contribution is -0.567. The minimum Gasteiger partial charge on any atom is -0.508 e. The van der Waals surface area contributed by atoms with Gasteiger partial charge in [0, 0.05) is 29.7 Å². The Morgan fingerprint density at radius 2 is 1.47 bits per heavy atom. The molecule has 0 aliphatic carbocycles. The number of benzene rings is 2. The molecule has 0 atom stereocenters. The van der Waals surface area contributed by atoms with Crippen molar-refractivity contribution in [1.29, 1.82) is 0 Å². The van der Waals surface area contributed by atoms with E-state index >= 15 is 0 Å². The molecule has 0 aliphatic rings. The maximum Gasteiger partial charge on any atom is 0.218 e. The Morgan fingerprint density at radius 3 is 2.29 bits per heavy atom. The van der Waals surface area contributed by atoms with Crippen LogP contribution in [-0.4, -0.2) is 5.11 Å².